The summed E-state index contributed by atoms with van der Waals surface area (Å²) in [5.74, 6) is 0.286. The molecule has 0 bridgehead atoms. The number of hydrogen-bond acceptors (Lipinski definition) is 4. The third kappa shape index (κ3) is 2.50. The Labute approximate surface area is 105 Å². The van der Waals surface area contributed by atoms with Crippen LogP contribution in [0.15, 0.2) is 12.4 Å². The number of anilines is 2. The van der Waals surface area contributed by atoms with Crippen LogP contribution in [0.3, 0.4) is 0 Å². The van der Waals surface area contributed by atoms with Gasteiger partial charge in [0.1, 0.15) is 12.4 Å². The molecule has 2 aromatic rings. The van der Waals surface area contributed by atoms with Crippen molar-refractivity contribution in [2.75, 3.05) is 11.1 Å². The van der Waals surface area contributed by atoms with E-state index in [0.29, 0.717) is 11.5 Å². The van der Waals surface area contributed by atoms with Crippen molar-refractivity contribution in [3.63, 3.8) is 0 Å². The number of aryl methyl sites for hydroxylation is 3. The summed E-state index contributed by atoms with van der Waals surface area (Å²) < 4.78 is 3.17. The number of carbonyl (C=O) groups excluding carboxylic acids is 1. The lowest BCUT2D eigenvalue weighted by Gasteiger charge is -2.03. The van der Waals surface area contributed by atoms with E-state index in [9.17, 15) is 4.79 Å². The van der Waals surface area contributed by atoms with Crippen LogP contribution in [-0.4, -0.2) is 25.5 Å². The molecule has 0 aliphatic rings. The van der Waals surface area contributed by atoms with E-state index in [2.05, 4.69) is 15.5 Å². The molecule has 2 aromatic heterocycles. The number of amides is 1. The first-order valence-electron chi connectivity index (χ1n) is 5.55. The SMILES string of the molecule is Cc1cn(CC(=O)Nc2cn(C)nc2C)nc1N. The maximum atomic E-state index is 11.8. The average Bonchev–Trinajstić information content (AvgIpc) is 2.71. The lowest BCUT2D eigenvalue weighted by atomic mass is 10.4. The zero-order valence-corrected chi connectivity index (χ0v) is 10.6. The van der Waals surface area contributed by atoms with Crippen LogP contribution in [0.5, 0.6) is 0 Å². The molecular formula is C11H16N6O. The van der Waals surface area contributed by atoms with Crippen molar-refractivity contribution >= 4 is 17.4 Å². The molecule has 0 aromatic carbocycles. The predicted molar refractivity (Wildman–Crippen MR) is 68.0 cm³/mol. The van der Waals surface area contributed by atoms with Crippen LogP contribution < -0.4 is 11.1 Å². The predicted octanol–water partition coefficient (Wildman–Crippen LogP) is 0.454. The minimum atomic E-state index is -0.159. The minimum absolute atomic E-state index is 0.131. The summed E-state index contributed by atoms with van der Waals surface area (Å²) in [4.78, 5) is 11.8. The lowest BCUT2D eigenvalue weighted by Crippen LogP contribution is -2.19. The normalized spacial score (nSPS) is 10.6. The van der Waals surface area contributed by atoms with Crippen LogP contribution in [0.4, 0.5) is 11.5 Å². The van der Waals surface area contributed by atoms with Gasteiger partial charge in [-0.25, -0.2) is 0 Å². The van der Waals surface area contributed by atoms with Gasteiger partial charge >= 0.3 is 0 Å². The molecule has 3 N–H and O–H groups in total. The van der Waals surface area contributed by atoms with Gasteiger partial charge in [-0.1, -0.05) is 0 Å². The number of rotatable bonds is 3. The highest BCUT2D eigenvalue weighted by atomic mass is 16.2. The number of hydrogen-bond donors (Lipinski definition) is 2. The Morgan fingerprint density at radius 2 is 2.11 bits per heavy atom. The molecule has 7 heteroatoms. The third-order valence-corrected chi connectivity index (χ3v) is 2.58. The molecule has 2 rings (SSSR count). The van der Waals surface area contributed by atoms with Gasteiger partial charge < -0.3 is 11.1 Å². The molecule has 1 amide bonds. The molecule has 96 valence electrons. The molecule has 7 nitrogen and oxygen atoms in total. The molecule has 0 aliphatic carbocycles. The maximum absolute atomic E-state index is 11.8. The van der Waals surface area contributed by atoms with Crippen molar-refractivity contribution in [3.05, 3.63) is 23.7 Å². The van der Waals surface area contributed by atoms with Crippen molar-refractivity contribution in [1.82, 2.24) is 19.6 Å². The molecule has 0 saturated heterocycles. The largest absolute Gasteiger partial charge is 0.382 e. The fraction of sp³-hybridized carbons (Fsp3) is 0.364. The summed E-state index contributed by atoms with van der Waals surface area (Å²) in [5, 5.41) is 11.0. The highest BCUT2D eigenvalue weighted by Crippen LogP contribution is 2.11. The number of aromatic nitrogens is 4. The van der Waals surface area contributed by atoms with Crippen LogP contribution in [-0.2, 0) is 18.4 Å². The summed E-state index contributed by atoms with van der Waals surface area (Å²) in [6, 6.07) is 0. The molecule has 2 heterocycles. The van der Waals surface area contributed by atoms with E-state index in [1.165, 1.54) is 4.68 Å². The van der Waals surface area contributed by atoms with Crippen LogP contribution in [0.2, 0.25) is 0 Å². The van der Waals surface area contributed by atoms with Gasteiger partial charge in [-0.3, -0.25) is 14.2 Å². The zero-order valence-electron chi connectivity index (χ0n) is 10.6. The van der Waals surface area contributed by atoms with Gasteiger partial charge in [-0.2, -0.15) is 10.2 Å². The van der Waals surface area contributed by atoms with Crippen molar-refractivity contribution in [2.24, 2.45) is 7.05 Å². The second kappa shape index (κ2) is 4.52. The Morgan fingerprint density at radius 1 is 1.39 bits per heavy atom. The van der Waals surface area contributed by atoms with Gasteiger partial charge in [-0.15, -0.1) is 0 Å². The minimum Gasteiger partial charge on any atom is -0.382 e. The first-order chi connectivity index (χ1) is 8.45. The number of nitrogens with zero attached hydrogens (tertiary/aromatic N) is 4. The Balaban J connectivity index is 2.03. The first-order valence-corrected chi connectivity index (χ1v) is 5.55. The van der Waals surface area contributed by atoms with Crippen LogP contribution >= 0.6 is 0 Å². The molecule has 0 fully saturated rings. The monoisotopic (exact) mass is 248 g/mol. The fourth-order valence-corrected chi connectivity index (χ4v) is 1.68. The Kier molecular flexibility index (Phi) is 3.05. The van der Waals surface area contributed by atoms with Gasteiger partial charge in [-0.05, 0) is 13.8 Å². The van der Waals surface area contributed by atoms with E-state index >= 15 is 0 Å². The quantitative estimate of drug-likeness (QED) is 0.825. The number of carbonyl (C=O) groups is 1. The van der Waals surface area contributed by atoms with Gasteiger partial charge in [0.2, 0.25) is 5.91 Å². The summed E-state index contributed by atoms with van der Waals surface area (Å²) in [7, 11) is 1.81. The van der Waals surface area contributed by atoms with E-state index in [1.807, 2.05) is 13.8 Å². The summed E-state index contributed by atoms with van der Waals surface area (Å²) in [6.45, 7) is 3.82. The van der Waals surface area contributed by atoms with Crippen molar-refractivity contribution in [1.29, 1.82) is 0 Å². The number of nitrogens with one attached hydrogen (secondary N) is 1. The van der Waals surface area contributed by atoms with Gasteiger partial charge in [0.25, 0.3) is 0 Å². The number of nitrogens with two attached hydrogens (primary N) is 1. The molecule has 0 radical (unpaired) electrons. The maximum Gasteiger partial charge on any atom is 0.246 e. The molecule has 0 aliphatic heterocycles. The van der Waals surface area contributed by atoms with E-state index in [1.54, 1.807) is 24.1 Å². The van der Waals surface area contributed by atoms with E-state index < -0.39 is 0 Å². The zero-order chi connectivity index (χ0) is 13.3. The van der Waals surface area contributed by atoms with Crippen LogP contribution in [0, 0.1) is 13.8 Å². The Morgan fingerprint density at radius 3 is 2.61 bits per heavy atom. The lowest BCUT2D eigenvalue weighted by molar-refractivity contribution is -0.116. The Bertz CT molecular complexity index is 563. The van der Waals surface area contributed by atoms with Crippen LogP contribution in [0.1, 0.15) is 11.3 Å². The van der Waals surface area contributed by atoms with Crippen molar-refractivity contribution in [2.45, 2.75) is 20.4 Å². The Hall–Kier alpha value is -2.31. The molecule has 0 unspecified atom stereocenters. The summed E-state index contributed by atoms with van der Waals surface area (Å²) >= 11 is 0. The summed E-state index contributed by atoms with van der Waals surface area (Å²) in [5.41, 5.74) is 7.97. The van der Waals surface area contributed by atoms with Crippen LogP contribution in [0.25, 0.3) is 0 Å². The molecular weight excluding hydrogens is 232 g/mol. The topological polar surface area (TPSA) is 90.8 Å². The highest BCUT2D eigenvalue weighted by molar-refractivity contribution is 5.90. The molecule has 0 saturated carbocycles. The van der Waals surface area contributed by atoms with E-state index in [-0.39, 0.29) is 12.5 Å². The smallest absolute Gasteiger partial charge is 0.246 e. The van der Waals surface area contributed by atoms with Gasteiger partial charge in [0, 0.05) is 25.0 Å². The molecule has 0 atom stereocenters. The third-order valence-electron chi connectivity index (χ3n) is 2.58. The van der Waals surface area contributed by atoms with Gasteiger partial charge in [0.15, 0.2) is 0 Å². The molecule has 18 heavy (non-hydrogen) atoms. The second-order valence-corrected chi connectivity index (χ2v) is 4.24. The van der Waals surface area contributed by atoms with E-state index in [4.69, 9.17) is 5.73 Å². The van der Waals surface area contributed by atoms with E-state index in [0.717, 1.165) is 11.3 Å². The first kappa shape index (κ1) is 12.2. The van der Waals surface area contributed by atoms with Crippen molar-refractivity contribution < 1.29 is 4.79 Å². The second-order valence-electron chi connectivity index (χ2n) is 4.24. The van der Waals surface area contributed by atoms with Gasteiger partial charge in [0.05, 0.1) is 11.4 Å². The van der Waals surface area contributed by atoms with Crippen molar-refractivity contribution in [3.8, 4) is 0 Å². The number of nitrogen functional groups attached to an aromatic ring is 1. The summed E-state index contributed by atoms with van der Waals surface area (Å²) in [6.07, 6.45) is 3.50. The average molecular weight is 248 g/mol. The molecule has 0 spiro atoms. The highest BCUT2D eigenvalue weighted by Gasteiger charge is 2.09. The standard InChI is InChI=1S/C11H16N6O/c1-7-4-17(15-11(7)12)6-10(18)13-9-5-16(3)14-8(9)2/h4-5H,6H2,1-3H3,(H2,12,15)(H,13,18). The fourth-order valence-electron chi connectivity index (χ4n) is 1.68.